The van der Waals surface area contributed by atoms with Crippen LogP contribution in [0.3, 0.4) is 0 Å². The average molecular weight is 607 g/mol. The first-order chi connectivity index (χ1) is 23.1. The zero-order chi connectivity index (χ0) is 31.5. The van der Waals surface area contributed by atoms with Gasteiger partial charge in [0, 0.05) is 33.5 Å². The molecule has 8 aromatic rings. The highest BCUT2D eigenvalue weighted by atomic mass is 15.2. The molecule has 0 aliphatic carbocycles. The van der Waals surface area contributed by atoms with Gasteiger partial charge >= 0.3 is 0 Å². The fourth-order valence-electron chi connectivity index (χ4n) is 7.01. The largest absolute Gasteiger partial charge is 0.294 e. The lowest BCUT2D eigenvalue weighted by Gasteiger charge is -2.41. The van der Waals surface area contributed by atoms with E-state index in [1.54, 1.807) is 0 Å². The smallest absolute Gasteiger partial charge is 0.238 e. The Labute approximate surface area is 272 Å². The lowest BCUT2D eigenvalue weighted by atomic mass is 9.73. The van der Waals surface area contributed by atoms with Gasteiger partial charge in [0.1, 0.15) is 5.82 Å². The van der Waals surface area contributed by atoms with Gasteiger partial charge in [0.05, 0.1) is 22.4 Å². The van der Waals surface area contributed by atoms with Crippen LogP contribution in [0.15, 0.2) is 146 Å². The van der Waals surface area contributed by atoms with Gasteiger partial charge < -0.3 is 0 Å². The third-order valence-corrected chi connectivity index (χ3v) is 9.29. The predicted octanol–water partition coefficient (Wildman–Crippen LogP) is 9.81. The minimum Gasteiger partial charge on any atom is -0.294 e. The van der Waals surface area contributed by atoms with Crippen molar-refractivity contribution in [2.24, 2.45) is 0 Å². The van der Waals surface area contributed by atoms with Crippen molar-refractivity contribution >= 4 is 39.0 Å². The third-order valence-electron chi connectivity index (χ3n) is 9.29. The number of para-hydroxylation sites is 2. The molecule has 4 heterocycles. The van der Waals surface area contributed by atoms with E-state index >= 15 is 0 Å². The Hall–Kier alpha value is -6.14. The maximum absolute atomic E-state index is 5.14. The Kier molecular flexibility index (Phi) is 6.05. The summed E-state index contributed by atoms with van der Waals surface area (Å²) in [6.45, 7) is 4.62. The molecule has 1 aliphatic rings. The Balaban J connectivity index is 1.37. The maximum atomic E-state index is 5.14. The summed E-state index contributed by atoms with van der Waals surface area (Å²) in [5, 5.41) is 2.25. The van der Waals surface area contributed by atoms with Gasteiger partial charge in [-0.2, -0.15) is 9.97 Å². The summed E-state index contributed by atoms with van der Waals surface area (Å²) in [4.78, 5) is 22.3. The van der Waals surface area contributed by atoms with Crippen LogP contribution in [0.2, 0.25) is 0 Å². The molecule has 0 bridgehead atoms. The molecule has 5 aromatic carbocycles. The van der Waals surface area contributed by atoms with Gasteiger partial charge in [-0.3, -0.25) is 9.47 Å². The molecule has 1 aliphatic heterocycles. The van der Waals surface area contributed by atoms with Crippen LogP contribution >= 0.6 is 0 Å². The molecule has 6 heteroatoms. The minimum absolute atomic E-state index is 0.282. The molecule has 9 rings (SSSR count). The molecule has 0 unspecified atom stereocenters. The van der Waals surface area contributed by atoms with Crippen LogP contribution < -0.4 is 4.90 Å². The van der Waals surface area contributed by atoms with Gasteiger partial charge in [-0.05, 0) is 47.5 Å². The van der Waals surface area contributed by atoms with Gasteiger partial charge in [-0.15, -0.1) is 0 Å². The van der Waals surface area contributed by atoms with Crippen molar-refractivity contribution in [2.45, 2.75) is 19.3 Å². The predicted molar refractivity (Wildman–Crippen MR) is 190 cm³/mol. The van der Waals surface area contributed by atoms with E-state index < -0.39 is 0 Å². The van der Waals surface area contributed by atoms with Crippen LogP contribution in [-0.4, -0.2) is 24.5 Å². The normalized spacial score (nSPS) is 13.4. The van der Waals surface area contributed by atoms with Crippen LogP contribution in [0.25, 0.3) is 50.5 Å². The molecule has 0 atom stereocenters. The summed E-state index contributed by atoms with van der Waals surface area (Å²) in [6, 6.07) is 48.2. The summed E-state index contributed by atoms with van der Waals surface area (Å²) >= 11 is 0. The van der Waals surface area contributed by atoms with Crippen molar-refractivity contribution in [3.63, 3.8) is 0 Å². The lowest BCUT2D eigenvalue weighted by Crippen LogP contribution is -2.31. The first-order valence-corrected chi connectivity index (χ1v) is 15.8. The zero-order valence-electron chi connectivity index (χ0n) is 26.0. The van der Waals surface area contributed by atoms with Crippen molar-refractivity contribution in [3.8, 4) is 28.7 Å². The topological polar surface area (TPSA) is 59.7 Å². The van der Waals surface area contributed by atoms with Gasteiger partial charge in [-0.25, -0.2) is 9.97 Å². The number of benzene rings is 5. The number of pyridine rings is 1. The van der Waals surface area contributed by atoms with E-state index in [4.69, 9.17) is 19.9 Å². The second-order valence-corrected chi connectivity index (χ2v) is 12.4. The fraction of sp³-hybridized carbons (Fsp3) is 0.0732. The van der Waals surface area contributed by atoms with Crippen molar-refractivity contribution in [2.75, 3.05) is 4.90 Å². The first-order valence-electron chi connectivity index (χ1n) is 15.8. The summed E-state index contributed by atoms with van der Waals surface area (Å²) < 4.78 is 2.20. The lowest BCUT2D eigenvalue weighted by molar-refractivity contribution is 0.632. The Bertz CT molecular complexity index is 2380. The van der Waals surface area contributed by atoms with Crippen LogP contribution in [0.5, 0.6) is 0 Å². The highest BCUT2D eigenvalue weighted by Crippen LogP contribution is 2.53. The highest BCUT2D eigenvalue weighted by Gasteiger charge is 2.38. The number of anilines is 3. The highest BCUT2D eigenvalue weighted by molar-refractivity contribution is 6.11. The van der Waals surface area contributed by atoms with Crippen LogP contribution in [-0.2, 0) is 5.41 Å². The van der Waals surface area contributed by atoms with Gasteiger partial charge in [-0.1, -0.05) is 117 Å². The van der Waals surface area contributed by atoms with E-state index in [1.165, 1.54) is 11.1 Å². The van der Waals surface area contributed by atoms with E-state index in [9.17, 15) is 0 Å². The number of nitrogens with zero attached hydrogens (tertiary/aromatic N) is 6. The molecule has 0 saturated carbocycles. The van der Waals surface area contributed by atoms with E-state index in [0.29, 0.717) is 17.6 Å². The number of hydrogen-bond acceptors (Lipinski definition) is 5. The second-order valence-electron chi connectivity index (χ2n) is 12.4. The molecule has 6 nitrogen and oxygen atoms in total. The minimum atomic E-state index is -0.282. The molecule has 224 valence electrons. The van der Waals surface area contributed by atoms with Crippen molar-refractivity contribution in [3.05, 3.63) is 157 Å². The zero-order valence-corrected chi connectivity index (χ0v) is 26.0. The number of hydrogen-bond donors (Lipinski definition) is 0. The average Bonchev–Trinajstić information content (AvgIpc) is 3.46. The first kappa shape index (κ1) is 27.2. The quantitative estimate of drug-likeness (QED) is 0.200. The summed E-state index contributed by atoms with van der Waals surface area (Å²) in [5.41, 5.74) is 8.40. The van der Waals surface area contributed by atoms with Gasteiger partial charge in [0.25, 0.3) is 0 Å². The van der Waals surface area contributed by atoms with E-state index in [0.717, 1.165) is 50.1 Å². The SMILES string of the molecule is CC1(C)c2ccccc2N(c2ccccn2)c2cc3c4ccccc4n(-c4nc(-c5ccccc5)nc(-c5ccccc5)n4)c3cc21. The molecule has 0 spiro atoms. The van der Waals surface area contributed by atoms with Crippen LogP contribution in [0.1, 0.15) is 25.0 Å². The molecule has 3 aromatic heterocycles. The summed E-state index contributed by atoms with van der Waals surface area (Å²) in [5.74, 6) is 2.74. The van der Waals surface area contributed by atoms with Crippen molar-refractivity contribution in [1.82, 2.24) is 24.5 Å². The van der Waals surface area contributed by atoms with E-state index in [-0.39, 0.29) is 5.41 Å². The molecule has 0 saturated heterocycles. The Morgan fingerprint density at radius 1 is 0.511 bits per heavy atom. The van der Waals surface area contributed by atoms with Gasteiger partial charge in [0.15, 0.2) is 11.6 Å². The number of fused-ring (bicyclic) bond motifs is 5. The van der Waals surface area contributed by atoms with E-state index in [1.807, 2.05) is 79.0 Å². The monoisotopic (exact) mass is 606 g/mol. The third kappa shape index (κ3) is 4.26. The van der Waals surface area contributed by atoms with E-state index in [2.05, 4.69) is 90.0 Å². The molecule has 0 N–H and O–H groups in total. The van der Waals surface area contributed by atoms with Crippen LogP contribution in [0.4, 0.5) is 17.2 Å². The van der Waals surface area contributed by atoms with Crippen molar-refractivity contribution < 1.29 is 0 Å². The fourth-order valence-corrected chi connectivity index (χ4v) is 7.01. The summed E-state index contributed by atoms with van der Waals surface area (Å²) in [7, 11) is 0. The molecule has 0 fully saturated rings. The van der Waals surface area contributed by atoms with Crippen molar-refractivity contribution in [1.29, 1.82) is 0 Å². The molecular formula is C41H30N6. The Morgan fingerprint density at radius 2 is 1.15 bits per heavy atom. The Morgan fingerprint density at radius 3 is 1.85 bits per heavy atom. The molecule has 0 amide bonds. The molecule has 47 heavy (non-hydrogen) atoms. The standard InChI is InChI=1S/C41H30N6/c1-41(2)31-20-10-12-22-34(31)46(37-23-13-14-24-42-37)36-25-30-29-19-9-11-21-33(29)47(35(30)26-32(36)41)40-44-38(27-15-5-3-6-16-27)43-39(45-40)28-17-7-4-8-18-28/h3-26H,1-2H3. The molecular weight excluding hydrogens is 576 g/mol. The second kappa shape index (κ2) is 10.5. The van der Waals surface area contributed by atoms with Gasteiger partial charge in [0.2, 0.25) is 5.95 Å². The molecule has 0 radical (unpaired) electrons. The van der Waals surface area contributed by atoms with Crippen LogP contribution in [0, 0.1) is 0 Å². The maximum Gasteiger partial charge on any atom is 0.238 e. The number of rotatable bonds is 4. The number of aromatic nitrogens is 5. The summed E-state index contributed by atoms with van der Waals surface area (Å²) in [6.07, 6.45) is 1.86.